The second-order valence-electron chi connectivity index (χ2n) is 5.35. The molecule has 0 saturated carbocycles. The molecule has 0 aliphatic heterocycles. The molecular weight excluding hydrogens is 302 g/mol. The van der Waals surface area contributed by atoms with Crippen LogP contribution >= 0.6 is 12.4 Å². The molecule has 6 heteroatoms. The van der Waals surface area contributed by atoms with Gasteiger partial charge in [-0.1, -0.05) is 29.8 Å². The van der Waals surface area contributed by atoms with Gasteiger partial charge < -0.3 is 16.0 Å². The van der Waals surface area contributed by atoms with Gasteiger partial charge in [0.2, 0.25) is 11.8 Å². The summed E-state index contributed by atoms with van der Waals surface area (Å²) in [5, 5.41) is 2.65. The number of hydrogen-bond acceptors (Lipinski definition) is 3. The number of hydrogen-bond donors (Lipinski definition) is 2. The zero-order valence-electron chi connectivity index (χ0n) is 13.5. The van der Waals surface area contributed by atoms with Crippen molar-refractivity contribution in [2.24, 2.45) is 5.73 Å². The standard InChI is InChI=1S/C16H25N3O2.ClH/c1-12-4-6-14(7-5-12)8-9-15(20)18-11-16(21)19(3)13(2)10-17;/h4-7,13H,8-11,17H2,1-3H3,(H,18,20);1H. The van der Waals surface area contributed by atoms with Crippen molar-refractivity contribution >= 4 is 24.2 Å². The number of nitrogens with two attached hydrogens (primary N) is 1. The Balaban J connectivity index is 0.00000441. The third-order valence-electron chi connectivity index (χ3n) is 3.59. The van der Waals surface area contributed by atoms with Gasteiger partial charge >= 0.3 is 0 Å². The monoisotopic (exact) mass is 327 g/mol. The van der Waals surface area contributed by atoms with Gasteiger partial charge in [0.25, 0.3) is 0 Å². The van der Waals surface area contributed by atoms with E-state index in [2.05, 4.69) is 5.32 Å². The van der Waals surface area contributed by atoms with Crippen LogP contribution in [0.1, 0.15) is 24.5 Å². The van der Waals surface area contributed by atoms with Crippen LogP contribution in [0.25, 0.3) is 0 Å². The van der Waals surface area contributed by atoms with Crippen molar-refractivity contribution in [1.82, 2.24) is 10.2 Å². The third kappa shape index (κ3) is 6.91. The molecule has 22 heavy (non-hydrogen) atoms. The van der Waals surface area contributed by atoms with E-state index < -0.39 is 0 Å². The maximum atomic E-state index is 11.8. The topological polar surface area (TPSA) is 75.4 Å². The average molecular weight is 328 g/mol. The van der Waals surface area contributed by atoms with E-state index in [4.69, 9.17) is 5.73 Å². The third-order valence-corrected chi connectivity index (χ3v) is 3.59. The molecule has 3 N–H and O–H groups in total. The number of halogens is 1. The molecule has 0 bridgehead atoms. The molecule has 0 saturated heterocycles. The van der Waals surface area contributed by atoms with Crippen LogP contribution in [0.5, 0.6) is 0 Å². The number of carbonyl (C=O) groups is 2. The Hall–Kier alpha value is -1.59. The van der Waals surface area contributed by atoms with Crippen LogP contribution in [0.15, 0.2) is 24.3 Å². The lowest BCUT2D eigenvalue weighted by atomic mass is 10.1. The zero-order chi connectivity index (χ0) is 15.8. The molecule has 0 radical (unpaired) electrons. The molecule has 1 aromatic rings. The highest BCUT2D eigenvalue weighted by molar-refractivity contribution is 5.85. The Morgan fingerprint density at radius 2 is 1.86 bits per heavy atom. The van der Waals surface area contributed by atoms with E-state index in [1.807, 2.05) is 38.1 Å². The van der Waals surface area contributed by atoms with E-state index in [0.717, 1.165) is 5.56 Å². The summed E-state index contributed by atoms with van der Waals surface area (Å²) < 4.78 is 0. The first-order valence-corrected chi connectivity index (χ1v) is 7.22. The molecule has 1 atom stereocenters. The molecule has 0 aliphatic rings. The summed E-state index contributed by atoms with van der Waals surface area (Å²) in [6.07, 6.45) is 1.06. The zero-order valence-corrected chi connectivity index (χ0v) is 14.3. The van der Waals surface area contributed by atoms with Crippen molar-refractivity contribution in [2.75, 3.05) is 20.1 Å². The summed E-state index contributed by atoms with van der Waals surface area (Å²) in [6, 6.07) is 8.07. The van der Waals surface area contributed by atoms with Gasteiger partial charge in [-0.2, -0.15) is 0 Å². The van der Waals surface area contributed by atoms with Gasteiger partial charge in [0, 0.05) is 26.1 Å². The summed E-state index contributed by atoms with van der Waals surface area (Å²) in [6.45, 7) is 4.33. The van der Waals surface area contributed by atoms with Crippen LogP contribution in [-0.2, 0) is 16.0 Å². The van der Waals surface area contributed by atoms with E-state index in [9.17, 15) is 9.59 Å². The Labute approximate surface area is 138 Å². The predicted molar refractivity (Wildman–Crippen MR) is 91.0 cm³/mol. The van der Waals surface area contributed by atoms with E-state index in [1.165, 1.54) is 5.56 Å². The fourth-order valence-corrected chi connectivity index (χ4v) is 1.80. The maximum absolute atomic E-state index is 11.8. The molecule has 5 nitrogen and oxygen atoms in total. The molecule has 124 valence electrons. The lowest BCUT2D eigenvalue weighted by Gasteiger charge is -2.23. The molecule has 1 aromatic carbocycles. The SMILES string of the molecule is Cc1ccc(CCC(=O)NCC(=O)N(C)C(C)CN)cc1.Cl. The number of likely N-dealkylation sites (N-methyl/N-ethyl adjacent to an activating group) is 1. The van der Waals surface area contributed by atoms with Crippen molar-refractivity contribution in [2.45, 2.75) is 32.7 Å². The number of nitrogens with one attached hydrogen (secondary N) is 1. The van der Waals surface area contributed by atoms with Crippen LogP contribution in [0.4, 0.5) is 0 Å². The first-order chi connectivity index (χ1) is 9.93. The summed E-state index contributed by atoms with van der Waals surface area (Å²) in [4.78, 5) is 25.1. The van der Waals surface area contributed by atoms with Crippen LogP contribution < -0.4 is 11.1 Å². The normalized spacial score (nSPS) is 11.3. The van der Waals surface area contributed by atoms with Crippen molar-refractivity contribution in [3.63, 3.8) is 0 Å². The van der Waals surface area contributed by atoms with Crippen molar-refractivity contribution < 1.29 is 9.59 Å². The van der Waals surface area contributed by atoms with Gasteiger partial charge in [-0.3, -0.25) is 9.59 Å². The van der Waals surface area contributed by atoms with Crippen molar-refractivity contribution in [3.8, 4) is 0 Å². The molecule has 0 aliphatic carbocycles. The van der Waals surface area contributed by atoms with E-state index in [-0.39, 0.29) is 36.8 Å². The number of rotatable bonds is 7. The molecule has 0 spiro atoms. The fourth-order valence-electron chi connectivity index (χ4n) is 1.80. The minimum atomic E-state index is -0.128. The summed E-state index contributed by atoms with van der Waals surface area (Å²) in [5.41, 5.74) is 7.83. The molecule has 0 aromatic heterocycles. The second kappa shape index (κ2) is 10.2. The maximum Gasteiger partial charge on any atom is 0.241 e. The summed E-state index contributed by atoms with van der Waals surface area (Å²) in [7, 11) is 1.69. The van der Waals surface area contributed by atoms with Gasteiger partial charge in [0.1, 0.15) is 0 Å². The van der Waals surface area contributed by atoms with Crippen LogP contribution in [0.3, 0.4) is 0 Å². The van der Waals surface area contributed by atoms with Gasteiger partial charge in [-0.25, -0.2) is 0 Å². The highest BCUT2D eigenvalue weighted by Crippen LogP contribution is 2.05. The summed E-state index contributed by atoms with van der Waals surface area (Å²) >= 11 is 0. The number of nitrogens with zero attached hydrogens (tertiary/aromatic N) is 1. The molecule has 0 fully saturated rings. The van der Waals surface area contributed by atoms with Crippen LogP contribution in [-0.4, -0.2) is 42.9 Å². The smallest absolute Gasteiger partial charge is 0.241 e. The Kier molecular flexibility index (Phi) is 9.45. The van der Waals surface area contributed by atoms with Crippen molar-refractivity contribution in [1.29, 1.82) is 0 Å². The van der Waals surface area contributed by atoms with Crippen molar-refractivity contribution in [3.05, 3.63) is 35.4 Å². The summed E-state index contributed by atoms with van der Waals surface area (Å²) in [5.74, 6) is -0.241. The minimum absolute atomic E-state index is 0. The first-order valence-electron chi connectivity index (χ1n) is 7.22. The van der Waals surface area contributed by atoms with E-state index >= 15 is 0 Å². The predicted octanol–water partition coefficient (Wildman–Crippen LogP) is 1.27. The largest absolute Gasteiger partial charge is 0.347 e. The number of benzene rings is 1. The lowest BCUT2D eigenvalue weighted by molar-refractivity contribution is -0.133. The fraction of sp³-hybridized carbons (Fsp3) is 0.500. The van der Waals surface area contributed by atoms with E-state index in [1.54, 1.807) is 11.9 Å². The van der Waals surface area contributed by atoms with Gasteiger partial charge in [-0.05, 0) is 25.8 Å². The molecule has 0 heterocycles. The quantitative estimate of drug-likeness (QED) is 0.792. The molecule has 1 rings (SSSR count). The number of amides is 2. The van der Waals surface area contributed by atoms with Gasteiger partial charge in [-0.15, -0.1) is 12.4 Å². The van der Waals surface area contributed by atoms with Crippen LogP contribution in [0.2, 0.25) is 0 Å². The highest BCUT2D eigenvalue weighted by atomic mass is 35.5. The lowest BCUT2D eigenvalue weighted by Crippen LogP contribution is -2.44. The number of carbonyl (C=O) groups excluding carboxylic acids is 2. The molecule has 2 amide bonds. The highest BCUT2D eigenvalue weighted by Gasteiger charge is 2.14. The number of aryl methyl sites for hydroxylation is 2. The van der Waals surface area contributed by atoms with Gasteiger partial charge in [0.15, 0.2) is 0 Å². The first kappa shape index (κ1) is 20.4. The van der Waals surface area contributed by atoms with E-state index in [0.29, 0.717) is 19.4 Å². The Morgan fingerprint density at radius 3 is 2.41 bits per heavy atom. The molecule has 1 unspecified atom stereocenters. The van der Waals surface area contributed by atoms with Gasteiger partial charge in [0.05, 0.1) is 6.54 Å². The Bertz CT molecular complexity index is 477. The minimum Gasteiger partial charge on any atom is -0.347 e. The molecular formula is C16H26ClN3O2. The van der Waals surface area contributed by atoms with Crippen LogP contribution in [0, 0.1) is 6.92 Å². The average Bonchev–Trinajstić information content (AvgIpc) is 2.50. The second-order valence-corrected chi connectivity index (χ2v) is 5.35. The Morgan fingerprint density at radius 1 is 1.27 bits per heavy atom.